The molecule has 0 radical (unpaired) electrons. The monoisotopic (exact) mass is 315 g/mol. The molecule has 122 valence electrons. The summed E-state index contributed by atoms with van der Waals surface area (Å²) in [4.78, 5) is 13.4. The lowest BCUT2D eigenvalue weighted by Crippen LogP contribution is -2.62. The Morgan fingerprint density at radius 2 is 2.17 bits per heavy atom. The summed E-state index contributed by atoms with van der Waals surface area (Å²) in [5, 5.41) is 10.1. The number of ether oxygens (including phenoxy) is 1. The smallest absolute Gasteiger partial charge is 0.306 e. The van der Waals surface area contributed by atoms with Crippen molar-refractivity contribution in [2.75, 3.05) is 13.2 Å². The van der Waals surface area contributed by atoms with Gasteiger partial charge in [-0.05, 0) is 31.4 Å². The average molecular weight is 315 g/mol. The van der Waals surface area contributed by atoms with Crippen molar-refractivity contribution in [2.24, 2.45) is 0 Å². The zero-order chi connectivity index (χ0) is 15.9. The molecule has 5 nitrogen and oxygen atoms in total. The summed E-state index contributed by atoms with van der Waals surface area (Å²) in [5.74, 6) is 0.136. The van der Waals surface area contributed by atoms with Crippen LogP contribution in [-0.4, -0.2) is 40.8 Å². The predicted octanol–water partition coefficient (Wildman–Crippen LogP) is 3.03. The standard InChI is InChI=1S/C18H21NO4/c20-17(21)9-14-10-19(18(12-22-14)6-3-7-18)11-15-8-13-4-1-2-5-16(13)23-15/h1-2,4-5,8,14H,3,6-7,9-12H2,(H,20,21). The molecule has 0 bridgehead atoms. The summed E-state index contributed by atoms with van der Waals surface area (Å²) < 4.78 is 11.8. The van der Waals surface area contributed by atoms with Crippen LogP contribution in [-0.2, 0) is 16.1 Å². The molecule has 1 aliphatic heterocycles. The van der Waals surface area contributed by atoms with E-state index >= 15 is 0 Å². The van der Waals surface area contributed by atoms with Crippen molar-refractivity contribution in [3.8, 4) is 0 Å². The lowest BCUT2D eigenvalue weighted by molar-refractivity contribution is -0.162. The van der Waals surface area contributed by atoms with Gasteiger partial charge in [0.15, 0.2) is 0 Å². The average Bonchev–Trinajstić information content (AvgIpc) is 2.87. The molecule has 4 rings (SSSR count). The summed E-state index contributed by atoms with van der Waals surface area (Å²) in [6.45, 7) is 2.00. The number of hydrogen-bond acceptors (Lipinski definition) is 4. The van der Waals surface area contributed by atoms with Crippen LogP contribution in [0, 0.1) is 0 Å². The number of hydrogen-bond donors (Lipinski definition) is 1. The molecule has 1 unspecified atom stereocenters. The predicted molar refractivity (Wildman–Crippen MR) is 85.2 cm³/mol. The second-order valence-corrected chi connectivity index (χ2v) is 6.74. The van der Waals surface area contributed by atoms with Gasteiger partial charge in [-0.2, -0.15) is 0 Å². The number of carboxylic acid groups (broad SMARTS) is 1. The van der Waals surface area contributed by atoms with Crippen molar-refractivity contribution in [3.63, 3.8) is 0 Å². The molecule has 2 heterocycles. The van der Waals surface area contributed by atoms with Gasteiger partial charge in [0.1, 0.15) is 11.3 Å². The minimum atomic E-state index is -0.803. The third-order valence-electron chi connectivity index (χ3n) is 5.19. The van der Waals surface area contributed by atoms with Gasteiger partial charge in [0, 0.05) is 17.5 Å². The zero-order valence-electron chi connectivity index (χ0n) is 13.0. The van der Waals surface area contributed by atoms with Crippen LogP contribution in [0.5, 0.6) is 0 Å². The van der Waals surface area contributed by atoms with E-state index in [0.717, 1.165) is 29.6 Å². The summed E-state index contributed by atoms with van der Waals surface area (Å²) in [6.07, 6.45) is 3.28. The Morgan fingerprint density at radius 1 is 1.35 bits per heavy atom. The van der Waals surface area contributed by atoms with Crippen molar-refractivity contribution < 1.29 is 19.1 Å². The molecule has 2 aromatic rings. The number of para-hydroxylation sites is 1. The first kappa shape index (κ1) is 14.7. The van der Waals surface area contributed by atoms with E-state index in [0.29, 0.717) is 19.7 Å². The topological polar surface area (TPSA) is 62.9 Å². The molecule has 1 spiro atoms. The highest BCUT2D eigenvalue weighted by Gasteiger charge is 2.47. The Kier molecular flexibility index (Phi) is 3.62. The second kappa shape index (κ2) is 5.65. The quantitative estimate of drug-likeness (QED) is 0.939. The molecule has 5 heteroatoms. The summed E-state index contributed by atoms with van der Waals surface area (Å²) in [5.41, 5.74) is 0.981. The Bertz CT molecular complexity index is 686. The van der Waals surface area contributed by atoms with Gasteiger partial charge in [0.2, 0.25) is 0 Å². The highest BCUT2D eigenvalue weighted by molar-refractivity contribution is 5.77. The van der Waals surface area contributed by atoms with Crippen molar-refractivity contribution >= 4 is 16.9 Å². The van der Waals surface area contributed by atoms with Crippen LogP contribution in [0.25, 0.3) is 11.0 Å². The Morgan fingerprint density at radius 3 is 2.87 bits per heavy atom. The van der Waals surface area contributed by atoms with E-state index in [1.54, 1.807) is 0 Å². The molecule has 1 aromatic carbocycles. The van der Waals surface area contributed by atoms with Gasteiger partial charge < -0.3 is 14.3 Å². The van der Waals surface area contributed by atoms with Gasteiger partial charge in [-0.25, -0.2) is 0 Å². The molecular formula is C18H21NO4. The molecule has 2 aliphatic rings. The fourth-order valence-electron chi connectivity index (χ4n) is 3.76. The van der Waals surface area contributed by atoms with Crippen molar-refractivity contribution in [2.45, 2.75) is 43.9 Å². The number of aliphatic carboxylic acids is 1. The normalized spacial score (nSPS) is 23.9. The van der Waals surface area contributed by atoms with E-state index < -0.39 is 5.97 Å². The SMILES string of the molecule is O=C(O)CC1CN(Cc2cc3ccccc3o2)C2(CCC2)CO1. The minimum Gasteiger partial charge on any atom is -0.481 e. The number of nitrogens with zero attached hydrogens (tertiary/aromatic N) is 1. The molecule has 1 saturated heterocycles. The number of carbonyl (C=O) groups is 1. The zero-order valence-corrected chi connectivity index (χ0v) is 13.0. The lowest BCUT2D eigenvalue weighted by atomic mass is 9.74. The van der Waals surface area contributed by atoms with Gasteiger partial charge >= 0.3 is 5.97 Å². The van der Waals surface area contributed by atoms with Crippen LogP contribution in [0.3, 0.4) is 0 Å². The molecule has 1 N–H and O–H groups in total. The molecule has 0 amide bonds. The van der Waals surface area contributed by atoms with E-state index in [4.69, 9.17) is 14.3 Å². The molecule has 23 heavy (non-hydrogen) atoms. The van der Waals surface area contributed by atoms with E-state index in [1.165, 1.54) is 6.42 Å². The number of benzene rings is 1. The maximum Gasteiger partial charge on any atom is 0.306 e. The second-order valence-electron chi connectivity index (χ2n) is 6.74. The number of morpholine rings is 1. The van der Waals surface area contributed by atoms with E-state index in [9.17, 15) is 4.79 Å². The van der Waals surface area contributed by atoms with Gasteiger partial charge in [0.25, 0.3) is 0 Å². The number of rotatable bonds is 4. The van der Waals surface area contributed by atoms with Crippen molar-refractivity contribution in [3.05, 3.63) is 36.1 Å². The van der Waals surface area contributed by atoms with Gasteiger partial charge in [0.05, 0.1) is 25.7 Å². The maximum absolute atomic E-state index is 11.0. The fourth-order valence-corrected chi connectivity index (χ4v) is 3.76. The molecule has 1 atom stereocenters. The first-order chi connectivity index (χ1) is 11.1. The van der Waals surface area contributed by atoms with E-state index in [2.05, 4.69) is 11.0 Å². The van der Waals surface area contributed by atoms with Crippen LogP contribution in [0.1, 0.15) is 31.4 Å². The van der Waals surface area contributed by atoms with Crippen LogP contribution >= 0.6 is 0 Å². The molecule has 1 saturated carbocycles. The third-order valence-corrected chi connectivity index (χ3v) is 5.19. The van der Waals surface area contributed by atoms with Crippen LogP contribution in [0.2, 0.25) is 0 Å². The maximum atomic E-state index is 11.0. The number of carboxylic acids is 1. The van der Waals surface area contributed by atoms with Gasteiger partial charge in [-0.1, -0.05) is 18.2 Å². The van der Waals surface area contributed by atoms with Gasteiger partial charge in [-0.15, -0.1) is 0 Å². The Labute approximate surface area is 134 Å². The summed E-state index contributed by atoms with van der Waals surface area (Å²) in [6, 6.07) is 10.1. The molecule has 1 aliphatic carbocycles. The van der Waals surface area contributed by atoms with Crippen molar-refractivity contribution in [1.82, 2.24) is 4.90 Å². The first-order valence-corrected chi connectivity index (χ1v) is 8.21. The van der Waals surface area contributed by atoms with Crippen LogP contribution in [0.15, 0.2) is 34.7 Å². The van der Waals surface area contributed by atoms with Crippen molar-refractivity contribution in [1.29, 1.82) is 0 Å². The number of furan rings is 1. The third kappa shape index (κ3) is 2.75. The minimum absolute atomic E-state index is 0.0622. The highest BCUT2D eigenvalue weighted by Crippen LogP contribution is 2.42. The lowest BCUT2D eigenvalue weighted by Gasteiger charge is -2.54. The Hall–Kier alpha value is -1.85. The summed E-state index contributed by atoms with van der Waals surface area (Å²) in [7, 11) is 0. The highest BCUT2D eigenvalue weighted by atomic mass is 16.5. The fraction of sp³-hybridized carbons (Fsp3) is 0.500. The van der Waals surface area contributed by atoms with E-state index in [1.807, 2.05) is 24.3 Å². The van der Waals surface area contributed by atoms with Crippen LogP contribution < -0.4 is 0 Å². The number of fused-ring (bicyclic) bond motifs is 1. The van der Waals surface area contributed by atoms with E-state index in [-0.39, 0.29) is 18.1 Å². The Balaban J connectivity index is 1.54. The van der Waals surface area contributed by atoms with Crippen LogP contribution in [0.4, 0.5) is 0 Å². The molecule has 2 fully saturated rings. The molecular weight excluding hydrogens is 294 g/mol. The summed E-state index contributed by atoms with van der Waals surface area (Å²) >= 11 is 0. The first-order valence-electron chi connectivity index (χ1n) is 8.21. The molecule has 1 aromatic heterocycles. The largest absolute Gasteiger partial charge is 0.481 e. The van der Waals surface area contributed by atoms with Gasteiger partial charge in [-0.3, -0.25) is 9.69 Å².